The van der Waals surface area contributed by atoms with Gasteiger partial charge in [0.15, 0.2) is 0 Å². The van der Waals surface area contributed by atoms with E-state index in [1.165, 1.54) is 6.07 Å². The second-order valence-corrected chi connectivity index (χ2v) is 4.51. The predicted octanol–water partition coefficient (Wildman–Crippen LogP) is 2.70. The zero-order valence-electron chi connectivity index (χ0n) is 11.7. The van der Waals surface area contributed by atoms with E-state index in [1.54, 1.807) is 18.2 Å². The first-order valence-corrected chi connectivity index (χ1v) is 6.89. The van der Waals surface area contributed by atoms with Gasteiger partial charge in [0.05, 0.1) is 4.92 Å². The fourth-order valence-corrected chi connectivity index (χ4v) is 1.78. The number of unbranched alkanes of at least 4 members (excludes halogenated alkanes) is 2. The molecule has 0 atom stereocenters. The minimum absolute atomic E-state index is 0.0239. The third-order valence-electron chi connectivity index (χ3n) is 2.87. The molecule has 6 heteroatoms. The van der Waals surface area contributed by atoms with Crippen LogP contribution < -0.4 is 10.6 Å². The summed E-state index contributed by atoms with van der Waals surface area (Å²) in [6.07, 6.45) is 3.52. The van der Waals surface area contributed by atoms with Crippen LogP contribution in [0, 0.1) is 10.1 Å². The van der Waals surface area contributed by atoms with Crippen molar-refractivity contribution in [2.75, 3.05) is 18.4 Å². The van der Waals surface area contributed by atoms with E-state index in [0.717, 1.165) is 19.3 Å². The Hall–Kier alpha value is -2.11. The number of nitro groups is 1. The van der Waals surface area contributed by atoms with Gasteiger partial charge in [-0.05, 0) is 12.5 Å². The van der Waals surface area contributed by atoms with Gasteiger partial charge in [-0.2, -0.15) is 0 Å². The molecule has 0 spiro atoms. The van der Waals surface area contributed by atoms with Crippen LogP contribution in [0.2, 0.25) is 0 Å². The van der Waals surface area contributed by atoms with Gasteiger partial charge in [0, 0.05) is 25.6 Å². The zero-order valence-corrected chi connectivity index (χ0v) is 11.7. The Balaban J connectivity index is 2.30. The number of carbonyl (C=O) groups is 1. The molecule has 0 fully saturated rings. The molecule has 0 aromatic heterocycles. The molecular formula is C14H21N3O3. The summed E-state index contributed by atoms with van der Waals surface area (Å²) >= 11 is 0. The summed E-state index contributed by atoms with van der Waals surface area (Å²) in [4.78, 5) is 21.9. The number of carbonyl (C=O) groups excluding carboxylic acids is 1. The van der Waals surface area contributed by atoms with E-state index in [4.69, 9.17) is 0 Å². The first-order chi connectivity index (χ1) is 9.65. The maximum Gasteiger partial charge on any atom is 0.292 e. The maximum absolute atomic E-state index is 11.5. The van der Waals surface area contributed by atoms with Crippen LogP contribution >= 0.6 is 0 Å². The summed E-state index contributed by atoms with van der Waals surface area (Å²) in [6.45, 7) is 3.18. The number of benzene rings is 1. The number of nitrogens with zero attached hydrogens (tertiary/aromatic N) is 1. The molecule has 0 radical (unpaired) electrons. The third kappa shape index (κ3) is 5.69. The van der Waals surface area contributed by atoms with E-state index < -0.39 is 4.92 Å². The molecule has 0 bridgehead atoms. The van der Waals surface area contributed by atoms with Crippen LogP contribution in [0.25, 0.3) is 0 Å². The lowest BCUT2D eigenvalue weighted by molar-refractivity contribution is -0.384. The molecule has 0 aliphatic rings. The topological polar surface area (TPSA) is 84.3 Å². The molecule has 1 amide bonds. The predicted molar refractivity (Wildman–Crippen MR) is 78.7 cm³/mol. The van der Waals surface area contributed by atoms with Crippen LogP contribution in [0.4, 0.5) is 11.4 Å². The summed E-state index contributed by atoms with van der Waals surface area (Å²) in [5.74, 6) is -0.0350. The van der Waals surface area contributed by atoms with Crippen molar-refractivity contribution in [2.45, 2.75) is 32.6 Å². The van der Waals surface area contributed by atoms with E-state index in [0.29, 0.717) is 25.2 Å². The first-order valence-electron chi connectivity index (χ1n) is 6.89. The molecule has 20 heavy (non-hydrogen) atoms. The van der Waals surface area contributed by atoms with E-state index >= 15 is 0 Å². The molecule has 6 nitrogen and oxygen atoms in total. The Kier molecular flexibility index (Phi) is 7.10. The minimum atomic E-state index is -0.437. The fraction of sp³-hybridized carbons (Fsp3) is 0.500. The van der Waals surface area contributed by atoms with Gasteiger partial charge in [0.2, 0.25) is 5.91 Å². The number of para-hydroxylation sites is 2. The molecule has 0 aliphatic heterocycles. The minimum Gasteiger partial charge on any atom is -0.379 e. The molecule has 0 unspecified atom stereocenters. The van der Waals surface area contributed by atoms with Gasteiger partial charge in [0.1, 0.15) is 5.69 Å². The molecule has 1 rings (SSSR count). The lowest BCUT2D eigenvalue weighted by atomic mass is 10.2. The molecule has 1 aromatic carbocycles. The number of hydrogen-bond donors (Lipinski definition) is 2. The third-order valence-corrected chi connectivity index (χ3v) is 2.87. The van der Waals surface area contributed by atoms with Crippen molar-refractivity contribution in [3.63, 3.8) is 0 Å². The number of anilines is 1. The molecular weight excluding hydrogens is 258 g/mol. The van der Waals surface area contributed by atoms with Crippen LogP contribution in [0.3, 0.4) is 0 Å². The SMILES string of the molecule is CCCCCNC(=O)CCNc1ccccc1[N+](=O)[O-]. The van der Waals surface area contributed by atoms with Crippen LogP contribution in [-0.2, 0) is 4.79 Å². The highest BCUT2D eigenvalue weighted by Gasteiger charge is 2.11. The Morgan fingerprint density at radius 2 is 2.00 bits per heavy atom. The van der Waals surface area contributed by atoms with Crippen molar-refractivity contribution in [2.24, 2.45) is 0 Å². The standard InChI is InChI=1S/C14H21N3O3/c1-2-3-6-10-16-14(18)9-11-15-12-7-4-5-8-13(12)17(19)20/h4-5,7-8,15H,2-3,6,9-11H2,1H3,(H,16,18). The zero-order chi connectivity index (χ0) is 14.8. The Morgan fingerprint density at radius 1 is 1.25 bits per heavy atom. The van der Waals surface area contributed by atoms with Gasteiger partial charge in [-0.15, -0.1) is 0 Å². The maximum atomic E-state index is 11.5. The van der Waals surface area contributed by atoms with E-state index in [1.807, 2.05) is 0 Å². The van der Waals surface area contributed by atoms with Crippen molar-refractivity contribution in [3.8, 4) is 0 Å². The smallest absolute Gasteiger partial charge is 0.292 e. The Bertz CT molecular complexity index is 449. The van der Waals surface area contributed by atoms with Crippen LogP contribution in [0.5, 0.6) is 0 Å². The second kappa shape index (κ2) is 8.90. The van der Waals surface area contributed by atoms with Crippen LogP contribution in [0.1, 0.15) is 32.6 Å². The number of nitro benzene ring substituents is 1. The van der Waals surface area contributed by atoms with Gasteiger partial charge < -0.3 is 10.6 Å². The summed E-state index contributed by atoms with van der Waals surface area (Å²) in [7, 11) is 0. The normalized spacial score (nSPS) is 10.1. The highest BCUT2D eigenvalue weighted by atomic mass is 16.6. The van der Waals surface area contributed by atoms with Gasteiger partial charge in [-0.3, -0.25) is 14.9 Å². The number of nitrogens with one attached hydrogen (secondary N) is 2. The molecule has 2 N–H and O–H groups in total. The van der Waals surface area contributed by atoms with E-state index in [2.05, 4.69) is 17.6 Å². The van der Waals surface area contributed by atoms with Crippen LogP contribution in [-0.4, -0.2) is 23.9 Å². The lowest BCUT2D eigenvalue weighted by Gasteiger charge is -2.07. The summed E-state index contributed by atoms with van der Waals surface area (Å²) in [6, 6.07) is 6.41. The van der Waals surface area contributed by atoms with Crippen molar-refractivity contribution >= 4 is 17.3 Å². The fourth-order valence-electron chi connectivity index (χ4n) is 1.78. The Morgan fingerprint density at radius 3 is 2.70 bits per heavy atom. The average Bonchev–Trinajstić information content (AvgIpc) is 2.44. The molecule has 0 aliphatic carbocycles. The summed E-state index contributed by atoms with van der Waals surface area (Å²) in [5, 5.41) is 16.6. The van der Waals surface area contributed by atoms with Crippen molar-refractivity contribution in [1.29, 1.82) is 0 Å². The highest BCUT2D eigenvalue weighted by molar-refractivity contribution is 5.76. The average molecular weight is 279 g/mol. The quantitative estimate of drug-likeness (QED) is 0.413. The van der Waals surface area contributed by atoms with Gasteiger partial charge >= 0.3 is 0 Å². The largest absolute Gasteiger partial charge is 0.379 e. The Labute approximate surface area is 118 Å². The van der Waals surface area contributed by atoms with Gasteiger partial charge in [0.25, 0.3) is 5.69 Å². The summed E-state index contributed by atoms with van der Waals surface area (Å²) in [5.41, 5.74) is 0.465. The number of hydrogen-bond acceptors (Lipinski definition) is 4. The van der Waals surface area contributed by atoms with E-state index in [-0.39, 0.29) is 11.6 Å². The molecule has 0 saturated heterocycles. The first kappa shape index (κ1) is 15.9. The van der Waals surface area contributed by atoms with Gasteiger partial charge in [-0.25, -0.2) is 0 Å². The number of rotatable bonds is 9. The van der Waals surface area contributed by atoms with Crippen molar-refractivity contribution in [1.82, 2.24) is 5.32 Å². The molecule has 0 saturated carbocycles. The van der Waals surface area contributed by atoms with Crippen LogP contribution in [0.15, 0.2) is 24.3 Å². The monoisotopic (exact) mass is 279 g/mol. The van der Waals surface area contributed by atoms with Gasteiger partial charge in [-0.1, -0.05) is 31.9 Å². The van der Waals surface area contributed by atoms with Crippen molar-refractivity contribution in [3.05, 3.63) is 34.4 Å². The van der Waals surface area contributed by atoms with E-state index in [9.17, 15) is 14.9 Å². The number of amides is 1. The molecule has 110 valence electrons. The molecule has 1 aromatic rings. The van der Waals surface area contributed by atoms with Crippen molar-refractivity contribution < 1.29 is 9.72 Å². The summed E-state index contributed by atoms with van der Waals surface area (Å²) < 4.78 is 0. The molecule has 0 heterocycles. The highest BCUT2D eigenvalue weighted by Crippen LogP contribution is 2.22. The lowest BCUT2D eigenvalue weighted by Crippen LogP contribution is -2.26. The second-order valence-electron chi connectivity index (χ2n) is 4.51.